The molecule has 1 aromatic heterocycles. The van der Waals surface area contributed by atoms with E-state index >= 15 is 0 Å². The van der Waals surface area contributed by atoms with E-state index in [1.165, 1.54) is 74.9 Å². The molecular weight excluding hydrogens is 495 g/mol. The van der Waals surface area contributed by atoms with Crippen molar-refractivity contribution in [1.82, 2.24) is 9.71 Å². The van der Waals surface area contributed by atoms with Crippen LogP contribution in [0.25, 0.3) is 10.9 Å². The van der Waals surface area contributed by atoms with Gasteiger partial charge in [0.15, 0.2) is 11.6 Å². The summed E-state index contributed by atoms with van der Waals surface area (Å²) < 4.78 is 51.2. The van der Waals surface area contributed by atoms with E-state index in [0.29, 0.717) is 17.1 Å². The van der Waals surface area contributed by atoms with Crippen LogP contribution < -0.4 is 19.5 Å². The Morgan fingerprint density at radius 1 is 1.03 bits per heavy atom. The maximum atomic E-state index is 14.1. The summed E-state index contributed by atoms with van der Waals surface area (Å²) in [6, 6.07) is 13.4. The number of nitro benzene ring substituents is 1. The number of anilines is 2. The maximum absolute atomic E-state index is 14.1. The molecule has 0 aliphatic carbocycles. The fourth-order valence-corrected chi connectivity index (χ4v) is 4.44. The van der Waals surface area contributed by atoms with E-state index in [2.05, 4.69) is 10.3 Å². The van der Waals surface area contributed by atoms with Crippen LogP contribution in [0.4, 0.5) is 21.5 Å². The minimum Gasteiger partial charge on any atom is -0.497 e. The minimum atomic E-state index is -4.24. The molecule has 0 radical (unpaired) electrons. The Labute approximate surface area is 204 Å². The van der Waals surface area contributed by atoms with Gasteiger partial charge in [0.05, 0.1) is 24.0 Å². The van der Waals surface area contributed by atoms with Crippen LogP contribution in [-0.4, -0.2) is 38.5 Å². The maximum Gasteiger partial charge on any atom is 0.293 e. The first-order valence-corrected chi connectivity index (χ1v) is 11.7. The smallest absolute Gasteiger partial charge is 0.293 e. The lowest BCUT2D eigenvalue weighted by molar-refractivity contribution is -0.383. The van der Waals surface area contributed by atoms with Gasteiger partial charge in [-0.25, -0.2) is 17.5 Å². The van der Waals surface area contributed by atoms with Crippen LogP contribution in [0.2, 0.25) is 0 Å². The molecular formula is C23H19FN4O7S. The summed E-state index contributed by atoms with van der Waals surface area (Å²) in [7, 11) is -1.49. The predicted molar refractivity (Wildman–Crippen MR) is 129 cm³/mol. The first-order chi connectivity index (χ1) is 17.1. The van der Waals surface area contributed by atoms with Gasteiger partial charge in [-0.2, -0.15) is 0 Å². The zero-order valence-electron chi connectivity index (χ0n) is 18.9. The Hall–Kier alpha value is -4.65. The summed E-state index contributed by atoms with van der Waals surface area (Å²) in [6.45, 7) is 0. The van der Waals surface area contributed by atoms with Gasteiger partial charge in [-0.15, -0.1) is 0 Å². The SMILES string of the molecule is COc1ccc(S(=O)(=O)NC(=O)c2cc3c(Nc4ccc(OC)c(F)c4)ccc([N+](=O)[O-])c3[nH]2)cc1. The molecule has 11 nitrogen and oxygen atoms in total. The van der Waals surface area contributed by atoms with Crippen LogP contribution in [0, 0.1) is 15.9 Å². The van der Waals surface area contributed by atoms with E-state index < -0.39 is 26.7 Å². The molecule has 36 heavy (non-hydrogen) atoms. The van der Waals surface area contributed by atoms with Gasteiger partial charge in [-0.05, 0) is 48.5 Å². The molecule has 4 aromatic rings. The molecule has 0 atom stereocenters. The van der Waals surface area contributed by atoms with Crippen molar-refractivity contribution in [2.75, 3.05) is 19.5 Å². The normalized spacial score (nSPS) is 11.2. The first-order valence-electron chi connectivity index (χ1n) is 10.2. The number of aromatic nitrogens is 1. The monoisotopic (exact) mass is 514 g/mol. The zero-order valence-corrected chi connectivity index (χ0v) is 19.7. The number of benzene rings is 3. The molecule has 1 amide bonds. The highest BCUT2D eigenvalue weighted by Crippen LogP contribution is 2.34. The van der Waals surface area contributed by atoms with Crippen molar-refractivity contribution in [2.24, 2.45) is 0 Å². The number of hydrogen-bond donors (Lipinski definition) is 3. The number of nitro groups is 1. The lowest BCUT2D eigenvalue weighted by Crippen LogP contribution is -2.30. The van der Waals surface area contributed by atoms with Crippen LogP contribution in [0.5, 0.6) is 11.5 Å². The third-order valence-corrected chi connectivity index (χ3v) is 6.59. The van der Waals surface area contributed by atoms with E-state index in [4.69, 9.17) is 9.47 Å². The molecule has 0 bridgehead atoms. The van der Waals surface area contributed by atoms with Crippen LogP contribution in [-0.2, 0) is 10.0 Å². The summed E-state index contributed by atoms with van der Waals surface area (Å²) in [5, 5.41) is 14.7. The van der Waals surface area contributed by atoms with Gasteiger partial charge in [-0.3, -0.25) is 14.9 Å². The van der Waals surface area contributed by atoms with Crippen molar-refractivity contribution in [3.05, 3.63) is 82.3 Å². The Bertz CT molecular complexity index is 1580. The molecule has 0 aliphatic heterocycles. The van der Waals surface area contributed by atoms with Gasteiger partial charge in [0, 0.05) is 28.9 Å². The summed E-state index contributed by atoms with van der Waals surface area (Å²) >= 11 is 0. The number of carbonyl (C=O) groups excluding carboxylic acids is 1. The molecule has 0 fully saturated rings. The van der Waals surface area contributed by atoms with Crippen molar-refractivity contribution in [2.45, 2.75) is 4.90 Å². The third kappa shape index (κ3) is 4.77. The van der Waals surface area contributed by atoms with Gasteiger partial charge in [0.2, 0.25) is 0 Å². The van der Waals surface area contributed by atoms with Crippen LogP contribution in [0.1, 0.15) is 10.5 Å². The number of halogens is 1. The van der Waals surface area contributed by atoms with Gasteiger partial charge >= 0.3 is 0 Å². The second-order valence-corrected chi connectivity index (χ2v) is 9.13. The van der Waals surface area contributed by atoms with E-state index in [-0.39, 0.29) is 32.9 Å². The van der Waals surface area contributed by atoms with Gasteiger partial charge in [0.25, 0.3) is 21.6 Å². The van der Waals surface area contributed by atoms with Crippen molar-refractivity contribution in [3.8, 4) is 11.5 Å². The Kier molecular flexibility index (Phi) is 6.49. The topological polar surface area (TPSA) is 153 Å². The molecule has 186 valence electrons. The van der Waals surface area contributed by atoms with Crippen molar-refractivity contribution in [1.29, 1.82) is 0 Å². The average Bonchev–Trinajstić information content (AvgIpc) is 3.30. The third-order valence-electron chi connectivity index (χ3n) is 5.24. The van der Waals surface area contributed by atoms with E-state index in [0.717, 1.165) is 0 Å². The number of rotatable bonds is 8. The second-order valence-electron chi connectivity index (χ2n) is 7.45. The number of H-pyrrole nitrogens is 1. The lowest BCUT2D eigenvalue weighted by atomic mass is 10.1. The molecule has 1 heterocycles. The minimum absolute atomic E-state index is 0.0222. The predicted octanol–water partition coefficient (Wildman–Crippen LogP) is 4.09. The fourth-order valence-electron chi connectivity index (χ4n) is 3.48. The number of amides is 1. The number of methoxy groups -OCH3 is 2. The van der Waals surface area contributed by atoms with Crippen LogP contribution in [0.3, 0.4) is 0 Å². The highest BCUT2D eigenvalue weighted by molar-refractivity contribution is 7.90. The molecule has 3 N–H and O–H groups in total. The Balaban J connectivity index is 1.69. The molecule has 3 aromatic carbocycles. The first kappa shape index (κ1) is 24.5. The molecule has 0 saturated carbocycles. The molecule has 13 heteroatoms. The highest BCUT2D eigenvalue weighted by Gasteiger charge is 2.24. The van der Waals surface area contributed by atoms with E-state index in [1.54, 1.807) is 0 Å². The zero-order chi connectivity index (χ0) is 26.0. The highest BCUT2D eigenvalue weighted by atomic mass is 32.2. The van der Waals surface area contributed by atoms with Crippen molar-refractivity contribution in [3.63, 3.8) is 0 Å². The summed E-state index contributed by atoms with van der Waals surface area (Å²) in [5.74, 6) is -1.19. The number of non-ortho nitro benzene ring substituents is 1. The van der Waals surface area contributed by atoms with Crippen molar-refractivity contribution < 1.29 is 32.0 Å². The quantitative estimate of drug-likeness (QED) is 0.235. The molecule has 0 unspecified atom stereocenters. The van der Waals surface area contributed by atoms with Crippen LogP contribution in [0.15, 0.2) is 65.6 Å². The summed E-state index contributed by atoms with van der Waals surface area (Å²) in [4.78, 5) is 26.1. The standard InChI is InChI=1S/C23H19FN4O7S/c1-34-14-4-6-15(7-5-14)36(32,33)27-23(29)19-12-16-18(8-9-20(28(30)31)22(16)26-19)25-13-3-10-21(35-2)17(24)11-13/h3-12,25-26H,1-2H3,(H,27,29). The van der Waals surface area contributed by atoms with Gasteiger partial charge in [-0.1, -0.05) is 0 Å². The molecule has 0 saturated heterocycles. The van der Waals surface area contributed by atoms with Gasteiger partial charge < -0.3 is 19.8 Å². The van der Waals surface area contributed by atoms with Crippen molar-refractivity contribution >= 4 is 43.9 Å². The number of ether oxygens (including phenoxy) is 2. The summed E-state index contributed by atoms with van der Waals surface area (Å²) in [6.07, 6.45) is 0. The number of hydrogen-bond acceptors (Lipinski definition) is 8. The fraction of sp³-hybridized carbons (Fsp3) is 0.0870. The second kappa shape index (κ2) is 9.54. The van der Waals surface area contributed by atoms with Gasteiger partial charge in [0.1, 0.15) is 17.0 Å². The molecule has 4 rings (SSSR count). The number of nitrogens with one attached hydrogen (secondary N) is 3. The number of aromatic amines is 1. The lowest BCUT2D eigenvalue weighted by Gasteiger charge is -2.09. The number of nitrogens with zero attached hydrogens (tertiary/aromatic N) is 1. The average molecular weight is 514 g/mol. The molecule has 0 spiro atoms. The largest absolute Gasteiger partial charge is 0.497 e. The van der Waals surface area contributed by atoms with E-state index in [1.807, 2.05) is 4.72 Å². The Morgan fingerprint density at radius 2 is 1.75 bits per heavy atom. The summed E-state index contributed by atoms with van der Waals surface area (Å²) in [5.41, 5.74) is 0.0334. The van der Waals surface area contributed by atoms with Crippen LogP contribution >= 0.6 is 0 Å². The Morgan fingerprint density at radius 3 is 2.36 bits per heavy atom. The number of sulfonamides is 1. The number of fused-ring (bicyclic) bond motifs is 1. The van der Waals surface area contributed by atoms with E-state index in [9.17, 15) is 27.7 Å². The molecule has 0 aliphatic rings. The number of carbonyl (C=O) groups is 1.